The quantitative estimate of drug-likeness (QED) is 0.716. The molecule has 0 bridgehead atoms. The molecule has 0 spiro atoms. The molecule has 2 N–H and O–H groups in total. The zero-order valence-electron chi connectivity index (χ0n) is 14.3. The zero-order chi connectivity index (χ0) is 17.3. The van der Waals surface area contributed by atoms with Crippen LogP contribution in [0.2, 0.25) is 0 Å². The van der Waals surface area contributed by atoms with Crippen molar-refractivity contribution in [2.75, 3.05) is 6.61 Å². The van der Waals surface area contributed by atoms with Gasteiger partial charge in [0.15, 0.2) is 0 Å². The minimum atomic E-state index is 0.162. The summed E-state index contributed by atoms with van der Waals surface area (Å²) >= 11 is 1.60. The molecule has 0 unspecified atom stereocenters. The fourth-order valence-corrected chi connectivity index (χ4v) is 3.39. The molecule has 0 radical (unpaired) electrons. The van der Waals surface area contributed by atoms with E-state index in [-0.39, 0.29) is 5.75 Å². The molecule has 0 atom stereocenters. The molecule has 0 saturated carbocycles. The van der Waals surface area contributed by atoms with Crippen LogP contribution >= 0.6 is 11.3 Å². The maximum Gasteiger partial charge on any atom is 0.128 e. The van der Waals surface area contributed by atoms with Crippen LogP contribution in [0.4, 0.5) is 0 Å². The lowest BCUT2D eigenvalue weighted by atomic mass is 9.99. The molecule has 0 fully saturated rings. The average molecular weight is 343 g/mol. The Labute approximate surface area is 145 Å². The molecule has 3 aromatic rings. The SMILES string of the molecule is CCOc1cc(O)c(-c2n[nH]c(C)c2-c2csc(C)n2)cc1CC. The third-order valence-corrected chi connectivity index (χ3v) is 4.71. The molecule has 0 aliphatic carbocycles. The number of nitrogens with zero attached hydrogens (tertiary/aromatic N) is 2. The number of aromatic nitrogens is 3. The Morgan fingerprint density at radius 1 is 1.25 bits per heavy atom. The maximum absolute atomic E-state index is 10.5. The lowest BCUT2D eigenvalue weighted by Gasteiger charge is -2.12. The third-order valence-electron chi connectivity index (χ3n) is 3.94. The van der Waals surface area contributed by atoms with Crippen molar-refractivity contribution in [3.63, 3.8) is 0 Å². The van der Waals surface area contributed by atoms with Crippen molar-refractivity contribution in [2.24, 2.45) is 0 Å². The van der Waals surface area contributed by atoms with Gasteiger partial charge in [-0.3, -0.25) is 5.10 Å². The van der Waals surface area contributed by atoms with Crippen molar-refractivity contribution < 1.29 is 9.84 Å². The lowest BCUT2D eigenvalue weighted by molar-refractivity contribution is 0.334. The van der Waals surface area contributed by atoms with Gasteiger partial charge in [0.25, 0.3) is 0 Å². The highest BCUT2D eigenvalue weighted by molar-refractivity contribution is 7.09. The van der Waals surface area contributed by atoms with Gasteiger partial charge in [-0.15, -0.1) is 11.3 Å². The third kappa shape index (κ3) is 2.89. The van der Waals surface area contributed by atoms with Crippen LogP contribution in [-0.2, 0) is 6.42 Å². The summed E-state index contributed by atoms with van der Waals surface area (Å²) in [4.78, 5) is 4.57. The van der Waals surface area contributed by atoms with E-state index in [0.717, 1.165) is 39.7 Å². The Hall–Kier alpha value is -2.34. The van der Waals surface area contributed by atoms with Gasteiger partial charge in [-0.25, -0.2) is 4.98 Å². The Balaban J connectivity index is 2.17. The van der Waals surface area contributed by atoms with Gasteiger partial charge < -0.3 is 9.84 Å². The number of nitrogens with one attached hydrogen (secondary N) is 1. The van der Waals surface area contributed by atoms with E-state index in [9.17, 15) is 5.11 Å². The molecule has 3 rings (SSSR count). The minimum Gasteiger partial charge on any atom is -0.507 e. The number of aryl methyl sites for hydroxylation is 3. The molecule has 0 saturated heterocycles. The first-order chi connectivity index (χ1) is 11.5. The normalized spacial score (nSPS) is 11.0. The highest BCUT2D eigenvalue weighted by Gasteiger charge is 2.20. The first kappa shape index (κ1) is 16.5. The molecule has 1 aromatic carbocycles. The Morgan fingerprint density at radius 2 is 2.04 bits per heavy atom. The van der Waals surface area contributed by atoms with E-state index in [2.05, 4.69) is 22.1 Å². The number of aromatic amines is 1. The van der Waals surface area contributed by atoms with E-state index in [4.69, 9.17) is 4.74 Å². The van der Waals surface area contributed by atoms with Crippen LogP contribution in [0.5, 0.6) is 11.5 Å². The first-order valence-electron chi connectivity index (χ1n) is 8.01. The molecule has 0 aliphatic heterocycles. The summed E-state index contributed by atoms with van der Waals surface area (Å²) in [6, 6.07) is 3.64. The van der Waals surface area contributed by atoms with Crippen molar-refractivity contribution in [3.05, 3.63) is 33.8 Å². The van der Waals surface area contributed by atoms with Crippen LogP contribution in [-0.4, -0.2) is 26.9 Å². The van der Waals surface area contributed by atoms with Crippen molar-refractivity contribution in [3.8, 4) is 34.0 Å². The number of ether oxygens (including phenoxy) is 1. The molecule has 126 valence electrons. The van der Waals surface area contributed by atoms with Gasteiger partial charge in [-0.1, -0.05) is 6.92 Å². The lowest BCUT2D eigenvalue weighted by Crippen LogP contribution is -1.97. The predicted molar refractivity (Wildman–Crippen MR) is 96.8 cm³/mol. The van der Waals surface area contributed by atoms with Crippen LogP contribution in [0.25, 0.3) is 22.5 Å². The number of hydrogen-bond acceptors (Lipinski definition) is 5. The maximum atomic E-state index is 10.5. The van der Waals surface area contributed by atoms with Crippen LogP contribution in [0.3, 0.4) is 0 Å². The summed E-state index contributed by atoms with van der Waals surface area (Å²) in [5.41, 5.74) is 5.20. The van der Waals surface area contributed by atoms with E-state index in [1.54, 1.807) is 17.4 Å². The monoisotopic (exact) mass is 343 g/mol. The van der Waals surface area contributed by atoms with Gasteiger partial charge in [-0.05, 0) is 38.8 Å². The number of benzene rings is 1. The summed E-state index contributed by atoms with van der Waals surface area (Å²) in [6.45, 7) is 8.51. The van der Waals surface area contributed by atoms with E-state index in [1.165, 1.54) is 0 Å². The van der Waals surface area contributed by atoms with Gasteiger partial charge in [0.2, 0.25) is 0 Å². The standard InChI is InChI=1S/C18H21N3O2S/c1-5-12-7-13(15(22)8-16(12)23-6-2)18-17(10(3)20-21-18)14-9-24-11(4)19-14/h7-9,22H,5-6H2,1-4H3,(H,20,21). The number of phenols is 1. The summed E-state index contributed by atoms with van der Waals surface area (Å²) in [5.74, 6) is 0.884. The smallest absolute Gasteiger partial charge is 0.128 e. The second-order valence-corrected chi connectivity index (χ2v) is 6.65. The van der Waals surface area contributed by atoms with Crippen molar-refractivity contribution in [2.45, 2.75) is 34.1 Å². The number of thiazole rings is 1. The molecule has 24 heavy (non-hydrogen) atoms. The molecule has 0 aliphatic rings. The Morgan fingerprint density at radius 3 is 2.67 bits per heavy atom. The van der Waals surface area contributed by atoms with Crippen LogP contribution in [0.15, 0.2) is 17.5 Å². The summed E-state index contributed by atoms with van der Waals surface area (Å²) in [6.07, 6.45) is 0.817. The van der Waals surface area contributed by atoms with Crippen LogP contribution in [0, 0.1) is 13.8 Å². The first-order valence-corrected chi connectivity index (χ1v) is 8.89. The second kappa shape index (κ2) is 6.65. The van der Waals surface area contributed by atoms with Crippen LogP contribution in [0.1, 0.15) is 30.1 Å². The van der Waals surface area contributed by atoms with E-state index >= 15 is 0 Å². The molecular formula is C18H21N3O2S. The summed E-state index contributed by atoms with van der Waals surface area (Å²) in [5, 5.41) is 21.0. The second-order valence-electron chi connectivity index (χ2n) is 5.59. The predicted octanol–water partition coefficient (Wildman–Crippen LogP) is 4.48. The number of hydrogen-bond donors (Lipinski definition) is 2. The van der Waals surface area contributed by atoms with Crippen LogP contribution < -0.4 is 4.74 Å². The Bertz CT molecular complexity index is 867. The molecular weight excluding hydrogens is 322 g/mol. The van der Waals surface area contributed by atoms with Gasteiger partial charge in [0, 0.05) is 28.3 Å². The summed E-state index contributed by atoms with van der Waals surface area (Å²) in [7, 11) is 0. The van der Waals surface area contributed by atoms with E-state index in [1.807, 2.05) is 32.2 Å². The zero-order valence-corrected chi connectivity index (χ0v) is 15.1. The van der Waals surface area contributed by atoms with Crippen molar-refractivity contribution >= 4 is 11.3 Å². The molecule has 5 nitrogen and oxygen atoms in total. The molecule has 2 heterocycles. The van der Waals surface area contributed by atoms with E-state index in [0.29, 0.717) is 17.9 Å². The van der Waals surface area contributed by atoms with E-state index < -0.39 is 0 Å². The number of rotatable bonds is 5. The summed E-state index contributed by atoms with van der Waals surface area (Å²) < 4.78 is 5.62. The average Bonchev–Trinajstić information content (AvgIpc) is 3.13. The minimum absolute atomic E-state index is 0.162. The van der Waals surface area contributed by atoms with Gasteiger partial charge in [-0.2, -0.15) is 5.10 Å². The number of H-pyrrole nitrogens is 1. The van der Waals surface area contributed by atoms with Gasteiger partial charge in [0.05, 0.1) is 17.3 Å². The largest absolute Gasteiger partial charge is 0.507 e. The van der Waals surface area contributed by atoms with Gasteiger partial charge >= 0.3 is 0 Å². The van der Waals surface area contributed by atoms with Gasteiger partial charge in [0.1, 0.15) is 17.2 Å². The molecule has 6 heteroatoms. The number of phenolic OH excluding ortho intramolecular Hbond substituents is 1. The fourth-order valence-electron chi connectivity index (χ4n) is 2.79. The number of aromatic hydroxyl groups is 1. The topological polar surface area (TPSA) is 71.0 Å². The Kier molecular flexibility index (Phi) is 4.57. The molecule has 2 aromatic heterocycles. The molecule has 0 amide bonds. The van der Waals surface area contributed by atoms with Crippen molar-refractivity contribution in [1.82, 2.24) is 15.2 Å². The fraction of sp³-hybridized carbons (Fsp3) is 0.333. The highest BCUT2D eigenvalue weighted by atomic mass is 32.1. The van der Waals surface area contributed by atoms with Crippen molar-refractivity contribution in [1.29, 1.82) is 0 Å². The highest BCUT2D eigenvalue weighted by Crippen LogP contribution is 2.40.